The Balaban J connectivity index is 2.20. The van der Waals surface area contributed by atoms with Gasteiger partial charge in [0.25, 0.3) is 0 Å². The predicted molar refractivity (Wildman–Crippen MR) is 107 cm³/mol. The number of aliphatic hydroxyl groups is 1. The number of rotatable bonds is 6. The molecule has 0 saturated carbocycles. The second kappa shape index (κ2) is 8.16. The average Bonchev–Trinajstić information content (AvgIpc) is 3.17. The molecule has 0 spiro atoms. The summed E-state index contributed by atoms with van der Waals surface area (Å²) in [5.41, 5.74) is 0.678. The number of nitrogens with zero attached hydrogens (tertiary/aromatic N) is 3. The Hall–Kier alpha value is -1.64. The molecule has 1 aliphatic heterocycles. The lowest BCUT2D eigenvalue weighted by molar-refractivity contribution is 0.0550. The van der Waals surface area contributed by atoms with E-state index in [2.05, 4.69) is 45.5 Å². The summed E-state index contributed by atoms with van der Waals surface area (Å²) < 4.78 is 13.4. The normalized spacial score (nSPS) is 22.0. The van der Waals surface area contributed by atoms with Gasteiger partial charge in [0.15, 0.2) is 8.32 Å². The van der Waals surface area contributed by atoms with E-state index in [-0.39, 0.29) is 17.7 Å². The molecule has 8 heteroatoms. The Bertz CT molecular complexity index is 668. The summed E-state index contributed by atoms with van der Waals surface area (Å²) in [5, 5.41) is 15.1. The zero-order valence-corrected chi connectivity index (χ0v) is 18.3. The standard InChI is InChI=1S/C19H33N3O4Si/c1-8-9-25-18(24)22-13-15(26-27(6,7)19(2,3)4)10-16(22)17(23)14-11-20-21(5)12-14/h8,11-12,15-17,23H,1,9-10,13H2,2-7H3/t15-,16+,17?/m1/s1. The van der Waals surface area contributed by atoms with Crippen LogP contribution in [0, 0.1) is 0 Å². The molecule has 3 atom stereocenters. The van der Waals surface area contributed by atoms with Crippen molar-refractivity contribution in [2.24, 2.45) is 7.05 Å². The summed E-state index contributed by atoms with van der Waals surface area (Å²) in [4.78, 5) is 14.1. The Morgan fingerprint density at radius 3 is 2.70 bits per heavy atom. The van der Waals surface area contributed by atoms with E-state index >= 15 is 0 Å². The van der Waals surface area contributed by atoms with Crippen molar-refractivity contribution in [2.45, 2.75) is 63.6 Å². The zero-order chi connectivity index (χ0) is 20.4. The summed E-state index contributed by atoms with van der Waals surface area (Å²) in [7, 11) is -0.196. The van der Waals surface area contributed by atoms with Crippen LogP contribution in [0.5, 0.6) is 0 Å². The molecule has 2 rings (SSSR count). The van der Waals surface area contributed by atoms with Crippen LogP contribution in [0.25, 0.3) is 0 Å². The van der Waals surface area contributed by atoms with E-state index in [0.717, 1.165) is 0 Å². The van der Waals surface area contributed by atoms with Crippen LogP contribution in [0.2, 0.25) is 18.1 Å². The lowest BCUT2D eigenvalue weighted by atomic mass is 10.0. The van der Waals surface area contributed by atoms with Crippen molar-refractivity contribution in [1.82, 2.24) is 14.7 Å². The molecule has 0 aliphatic carbocycles. The molecule has 1 aromatic heterocycles. The van der Waals surface area contributed by atoms with E-state index in [1.165, 1.54) is 6.08 Å². The molecule has 1 aliphatic rings. The molecule has 0 aromatic carbocycles. The minimum absolute atomic E-state index is 0.0707. The van der Waals surface area contributed by atoms with Gasteiger partial charge in [-0.2, -0.15) is 5.10 Å². The minimum atomic E-state index is -1.99. The second-order valence-electron chi connectivity index (χ2n) is 8.71. The molecular weight excluding hydrogens is 362 g/mol. The first-order chi connectivity index (χ1) is 12.5. The summed E-state index contributed by atoms with van der Waals surface area (Å²) in [6, 6.07) is -0.415. The van der Waals surface area contributed by atoms with Crippen LogP contribution in [0.4, 0.5) is 4.79 Å². The van der Waals surface area contributed by atoms with E-state index in [4.69, 9.17) is 9.16 Å². The summed E-state index contributed by atoms with van der Waals surface area (Å²) >= 11 is 0. The quantitative estimate of drug-likeness (QED) is 0.591. The number of aryl methyl sites for hydroxylation is 1. The first-order valence-corrected chi connectivity index (χ1v) is 12.3. The van der Waals surface area contributed by atoms with Crippen LogP contribution in [0.15, 0.2) is 25.0 Å². The number of hydrogen-bond donors (Lipinski definition) is 1. The number of carbonyl (C=O) groups excluding carboxylic acids is 1. The molecule has 1 unspecified atom stereocenters. The molecular formula is C19H33N3O4Si. The highest BCUT2D eigenvalue weighted by atomic mass is 28.4. The number of amides is 1. The molecule has 1 amide bonds. The number of aliphatic hydroxyl groups excluding tert-OH is 1. The second-order valence-corrected chi connectivity index (χ2v) is 13.5. The van der Waals surface area contributed by atoms with E-state index in [9.17, 15) is 9.90 Å². The van der Waals surface area contributed by atoms with Crippen LogP contribution >= 0.6 is 0 Å². The number of ether oxygens (including phenoxy) is 1. The minimum Gasteiger partial charge on any atom is -0.445 e. The van der Waals surface area contributed by atoms with E-state index < -0.39 is 26.6 Å². The smallest absolute Gasteiger partial charge is 0.410 e. The Labute approximate surface area is 163 Å². The van der Waals surface area contributed by atoms with Gasteiger partial charge in [0, 0.05) is 25.4 Å². The van der Waals surface area contributed by atoms with Crippen LogP contribution in [-0.2, 0) is 16.2 Å². The molecule has 152 valence electrons. The highest BCUT2D eigenvalue weighted by Crippen LogP contribution is 2.40. The van der Waals surface area contributed by atoms with Gasteiger partial charge in [-0.25, -0.2) is 4.79 Å². The lowest BCUT2D eigenvalue weighted by Gasteiger charge is -2.38. The van der Waals surface area contributed by atoms with Gasteiger partial charge >= 0.3 is 6.09 Å². The molecule has 1 N–H and O–H groups in total. The third-order valence-electron chi connectivity index (χ3n) is 5.56. The van der Waals surface area contributed by atoms with Gasteiger partial charge in [-0.15, -0.1) is 0 Å². The van der Waals surface area contributed by atoms with Gasteiger partial charge in [-0.1, -0.05) is 33.4 Å². The van der Waals surface area contributed by atoms with Crippen molar-refractivity contribution >= 4 is 14.4 Å². The van der Waals surface area contributed by atoms with Gasteiger partial charge in [-0.05, 0) is 24.6 Å². The summed E-state index contributed by atoms with van der Waals surface area (Å²) in [6.45, 7) is 15.1. The molecule has 0 radical (unpaired) electrons. The number of likely N-dealkylation sites (tertiary alicyclic amines) is 1. The fraction of sp³-hybridized carbons (Fsp3) is 0.684. The Morgan fingerprint density at radius 1 is 1.52 bits per heavy atom. The average molecular weight is 396 g/mol. The largest absolute Gasteiger partial charge is 0.445 e. The lowest BCUT2D eigenvalue weighted by Crippen LogP contribution is -2.45. The van der Waals surface area contributed by atoms with Crippen molar-refractivity contribution < 1.29 is 19.1 Å². The zero-order valence-electron chi connectivity index (χ0n) is 17.3. The molecule has 1 fully saturated rings. The van der Waals surface area contributed by atoms with Crippen molar-refractivity contribution in [3.63, 3.8) is 0 Å². The highest BCUT2D eigenvalue weighted by molar-refractivity contribution is 6.74. The monoisotopic (exact) mass is 395 g/mol. The molecule has 27 heavy (non-hydrogen) atoms. The Kier molecular flexibility index (Phi) is 6.54. The van der Waals surface area contributed by atoms with E-state index in [1.54, 1.807) is 29.0 Å². The first-order valence-electron chi connectivity index (χ1n) is 9.35. The molecule has 7 nitrogen and oxygen atoms in total. The molecule has 2 heterocycles. The van der Waals surface area contributed by atoms with Crippen molar-refractivity contribution in [2.75, 3.05) is 13.2 Å². The third kappa shape index (κ3) is 5.00. The molecule has 1 aromatic rings. The van der Waals surface area contributed by atoms with Gasteiger partial charge in [0.2, 0.25) is 0 Å². The van der Waals surface area contributed by atoms with Crippen LogP contribution in [-0.4, -0.2) is 59.5 Å². The maximum atomic E-state index is 12.5. The molecule has 0 bridgehead atoms. The van der Waals surface area contributed by atoms with E-state index in [0.29, 0.717) is 18.5 Å². The van der Waals surface area contributed by atoms with Crippen molar-refractivity contribution in [3.05, 3.63) is 30.6 Å². The van der Waals surface area contributed by atoms with Crippen LogP contribution in [0.3, 0.4) is 0 Å². The third-order valence-corrected chi connectivity index (χ3v) is 10.1. The molecule has 1 saturated heterocycles. The van der Waals surface area contributed by atoms with Crippen molar-refractivity contribution in [3.8, 4) is 0 Å². The van der Waals surface area contributed by atoms with Crippen LogP contribution < -0.4 is 0 Å². The highest BCUT2D eigenvalue weighted by Gasteiger charge is 2.46. The summed E-state index contributed by atoms with van der Waals surface area (Å²) in [5.74, 6) is 0. The van der Waals surface area contributed by atoms with Gasteiger partial charge in [0.05, 0.1) is 18.3 Å². The fourth-order valence-corrected chi connectivity index (χ4v) is 4.40. The maximum Gasteiger partial charge on any atom is 0.410 e. The van der Waals surface area contributed by atoms with Crippen molar-refractivity contribution in [1.29, 1.82) is 0 Å². The van der Waals surface area contributed by atoms with Crippen LogP contribution in [0.1, 0.15) is 38.9 Å². The first kappa shape index (κ1) is 21.7. The number of hydrogen-bond acceptors (Lipinski definition) is 5. The fourth-order valence-electron chi connectivity index (χ4n) is 3.04. The van der Waals surface area contributed by atoms with Gasteiger partial charge < -0.3 is 14.3 Å². The topological polar surface area (TPSA) is 76.8 Å². The number of carbonyl (C=O) groups is 1. The number of aromatic nitrogens is 2. The SMILES string of the molecule is C=CCOC(=O)N1C[C@H](O[Si](C)(C)C(C)(C)C)C[C@H]1C(O)c1cnn(C)c1. The summed E-state index contributed by atoms with van der Waals surface area (Å²) in [6.07, 6.45) is 4.06. The predicted octanol–water partition coefficient (Wildman–Crippen LogP) is 3.24. The maximum absolute atomic E-state index is 12.5. The van der Waals surface area contributed by atoms with E-state index in [1.807, 2.05) is 0 Å². The van der Waals surface area contributed by atoms with Gasteiger partial charge in [0.1, 0.15) is 12.7 Å². The Morgan fingerprint density at radius 2 is 2.19 bits per heavy atom. The van der Waals surface area contributed by atoms with Gasteiger partial charge in [-0.3, -0.25) is 9.58 Å².